The predicted octanol–water partition coefficient (Wildman–Crippen LogP) is 3.31. The second kappa shape index (κ2) is 5.75. The van der Waals surface area contributed by atoms with Gasteiger partial charge in [-0.25, -0.2) is 0 Å². The first kappa shape index (κ1) is 12.8. The maximum Gasteiger partial charge on any atom is 0.303 e. The van der Waals surface area contributed by atoms with Gasteiger partial charge in [-0.05, 0) is 38.0 Å². The summed E-state index contributed by atoms with van der Waals surface area (Å²) in [7, 11) is 0. The SMILES string of the molecule is Cc1ccc(NC(C)CCC(=O)O)cc1Cl. The predicted molar refractivity (Wildman–Crippen MR) is 66.1 cm³/mol. The number of rotatable bonds is 5. The summed E-state index contributed by atoms with van der Waals surface area (Å²) in [5.74, 6) is -0.768. The van der Waals surface area contributed by atoms with Gasteiger partial charge in [0.2, 0.25) is 0 Å². The molecule has 0 aromatic heterocycles. The number of anilines is 1. The van der Waals surface area contributed by atoms with Crippen LogP contribution in [0.5, 0.6) is 0 Å². The van der Waals surface area contributed by atoms with Crippen LogP contribution in [0.4, 0.5) is 5.69 Å². The van der Waals surface area contributed by atoms with Gasteiger partial charge in [-0.15, -0.1) is 0 Å². The van der Waals surface area contributed by atoms with E-state index in [4.69, 9.17) is 16.7 Å². The first-order valence-electron chi connectivity index (χ1n) is 5.23. The zero-order valence-electron chi connectivity index (χ0n) is 9.46. The molecule has 0 heterocycles. The number of halogens is 1. The molecule has 0 fully saturated rings. The Hall–Kier alpha value is -1.22. The van der Waals surface area contributed by atoms with Crippen LogP contribution >= 0.6 is 11.6 Å². The molecule has 88 valence electrons. The van der Waals surface area contributed by atoms with E-state index in [1.807, 2.05) is 32.0 Å². The number of hydrogen-bond acceptors (Lipinski definition) is 2. The molecule has 0 saturated heterocycles. The number of benzene rings is 1. The second-order valence-electron chi connectivity index (χ2n) is 3.94. The zero-order chi connectivity index (χ0) is 12.1. The Kier molecular flexibility index (Phi) is 4.62. The molecule has 1 aromatic carbocycles. The Morgan fingerprint density at radius 2 is 2.25 bits per heavy atom. The molecule has 0 aliphatic rings. The topological polar surface area (TPSA) is 49.3 Å². The van der Waals surface area contributed by atoms with Crippen molar-refractivity contribution in [3.05, 3.63) is 28.8 Å². The standard InChI is InChI=1S/C12H16ClNO2/c1-8-3-5-10(7-11(8)13)14-9(2)4-6-12(15)16/h3,5,7,9,14H,4,6H2,1-2H3,(H,15,16). The van der Waals surface area contributed by atoms with Gasteiger partial charge in [-0.3, -0.25) is 4.79 Å². The summed E-state index contributed by atoms with van der Waals surface area (Å²) in [5, 5.41) is 12.5. The molecule has 1 rings (SSSR count). The van der Waals surface area contributed by atoms with Gasteiger partial charge < -0.3 is 10.4 Å². The van der Waals surface area contributed by atoms with E-state index in [1.165, 1.54) is 0 Å². The maximum atomic E-state index is 10.4. The van der Waals surface area contributed by atoms with Gasteiger partial charge in [0.25, 0.3) is 0 Å². The number of aliphatic carboxylic acids is 1. The van der Waals surface area contributed by atoms with Crippen LogP contribution in [0.1, 0.15) is 25.3 Å². The summed E-state index contributed by atoms with van der Waals surface area (Å²) in [6.07, 6.45) is 0.772. The monoisotopic (exact) mass is 241 g/mol. The third kappa shape index (κ3) is 4.11. The molecule has 0 radical (unpaired) electrons. The lowest BCUT2D eigenvalue weighted by molar-refractivity contribution is -0.137. The van der Waals surface area contributed by atoms with Crippen molar-refractivity contribution in [1.29, 1.82) is 0 Å². The minimum Gasteiger partial charge on any atom is -0.481 e. The van der Waals surface area contributed by atoms with Gasteiger partial charge in [-0.1, -0.05) is 17.7 Å². The lowest BCUT2D eigenvalue weighted by Crippen LogP contribution is -2.16. The quantitative estimate of drug-likeness (QED) is 0.832. The highest BCUT2D eigenvalue weighted by Gasteiger charge is 2.06. The molecule has 3 nitrogen and oxygen atoms in total. The third-order valence-corrected chi connectivity index (χ3v) is 2.78. The summed E-state index contributed by atoms with van der Waals surface area (Å²) >= 11 is 5.99. The van der Waals surface area contributed by atoms with Crippen molar-refractivity contribution in [2.45, 2.75) is 32.7 Å². The van der Waals surface area contributed by atoms with E-state index in [-0.39, 0.29) is 12.5 Å². The lowest BCUT2D eigenvalue weighted by Gasteiger charge is -2.14. The van der Waals surface area contributed by atoms with Gasteiger partial charge in [0.05, 0.1) is 0 Å². The normalized spacial score (nSPS) is 12.2. The van der Waals surface area contributed by atoms with Crippen LogP contribution in [-0.2, 0) is 4.79 Å². The summed E-state index contributed by atoms with van der Waals surface area (Å²) < 4.78 is 0. The third-order valence-electron chi connectivity index (χ3n) is 2.38. The molecule has 0 bridgehead atoms. The summed E-state index contributed by atoms with van der Waals surface area (Å²) in [5.41, 5.74) is 1.96. The molecular formula is C12H16ClNO2. The van der Waals surface area contributed by atoms with Gasteiger partial charge in [0.15, 0.2) is 0 Å². The molecular weight excluding hydrogens is 226 g/mol. The van der Waals surface area contributed by atoms with E-state index in [1.54, 1.807) is 0 Å². The average Bonchev–Trinajstić information content (AvgIpc) is 2.21. The van der Waals surface area contributed by atoms with Crippen LogP contribution in [0.25, 0.3) is 0 Å². The highest BCUT2D eigenvalue weighted by Crippen LogP contribution is 2.20. The van der Waals surface area contributed by atoms with Gasteiger partial charge in [-0.2, -0.15) is 0 Å². The Balaban J connectivity index is 2.52. The molecule has 0 amide bonds. The molecule has 1 atom stereocenters. The van der Waals surface area contributed by atoms with Crippen molar-refractivity contribution in [2.24, 2.45) is 0 Å². The van der Waals surface area contributed by atoms with E-state index in [0.717, 1.165) is 16.3 Å². The Labute approximate surface area is 100 Å². The van der Waals surface area contributed by atoms with Crippen LogP contribution in [0.3, 0.4) is 0 Å². The van der Waals surface area contributed by atoms with E-state index in [0.29, 0.717) is 6.42 Å². The fraction of sp³-hybridized carbons (Fsp3) is 0.417. The number of carboxylic acids is 1. The Bertz CT molecular complexity index is 379. The van der Waals surface area contributed by atoms with Gasteiger partial charge >= 0.3 is 5.97 Å². The van der Waals surface area contributed by atoms with E-state index >= 15 is 0 Å². The molecule has 0 aliphatic heterocycles. The van der Waals surface area contributed by atoms with Gasteiger partial charge in [0, 0.05) is 23.2 Å². The molecule has 2 N–H and O–H groups in total. The van der Waals surface area contributed by atoms with Crippen molar-refractivity contribution in [1.82, 2.24) is 0 Å². The fourth-order valence-corrected chi connectivity index (χ4v) is 1.56. The van der Waals surface area contributed by atoms with E-state index in [2.05, 4.69) is 5.32 Å². The van der Waals surface area contributed by atoms with Crippen LogP contribution in [0, 0.1) is 6.92 Å². The first-order valence-corrected chi connectivity index (χ1v) is 5.61. The minimum atomic E-state index is -0.768. The Morgan fingerprint density at radius 3 is 2.81 bits per heavy atom. The van der Waals surface area contributed by atoms with Crippen LogP contribution in [-0.4, -0.2) is 17.1 Å². The molecule has 4 heteroatoms. The molecule has 1 aromatic rings. The highest BCUT2D eigenvalue weighted by atomic mass is 35.5. The van der Waals surface area contributed by atoms with Crippen molar-refractivity contribution in [3.8, 4) is 0 Å². The van der Waals surface area contributed by atoms with Crippen molar-refractivity contribution in [2.75, 3.05) is 5.32 Å². The molecule has 1 unspecified atom stereocenters. The molecule has 0 aliphatic carbocycles. The number of carbonyl (C=O) groups is 1. The van der Waals surface area contributed by atoms with Crippen LogP contribution < -0.4 is 5.32 Å². The van der Waals surface area contributed by atoms with Gasteiger partial charge in [0.1, 0.15) is 0 Å². The van der Waals surface area contributed by atoms with E-state index in [9.17, 15) is 4.79 Å². The molecule has 16 heavy (non-hydrogen) atoms. The van der Waals surface area contributed by atoms with Crippen molar-refractivity contribution >= 4 is 23.3 Å². The Morgan fingerprint density at radius 1 is 1.56 bits per heavy atom. The average molecular weight is 242 g/mol. The number of carboxylic acid groups (broad SMARTS) is 1. The number of hydrogen-bond donors (Lipinski definition) is 2. The van der Waals surface area contributed by atoms with Crippen molar-refractivity contribution < 1.29 is 9.90 Å². The lowest BCUT2D eigenvalue weighted by atomic mass is 10.1. The molecule has 0 spiro atoms. The fourth-order valence-electron chi connectivity index (χ4n) is 1.38. The van der Waals surface area contributed by atoms with Crippen molar-refractivity contribution in [3.63, 3.8) is 0 Å². The summed E-state index contributed by atoms with van der Waals surface area (Å²) in [6.45, 7) is 3.90. The smallest absolute Gasteiger partial charge is 0.303 e. The zero-order valence-corrected chi connectivity index (χ0v) is 10.2. The second-order valence-corrected chi connectivity index (χ2v) is 4.35. The number of aryl methyl sites for hydroxylation is 1. The highest BCUT2D eigenvalue weighted by molar-refractivity contribution is 6.31. The van der Waals surface area contributed by atoms with Crippen LogP contribution in [0.2, 0.25) is 5.02 Å². The molecule has 0 saturated carbocycles. The minimum absolute atomic E-state index is 0.120. The largest absolute Gasteiger partial charge is 0.481 e. The van der Waals surface area contributed by atoms with Crippen LogP contribution in [0.15, 0.2) is 18.2 Å². The number of nitrogens with one attached hydrogen (secondary N) is 1. The summed E-state index contributed by atoms with van der Waals surface area (Å²) in [6, 6.07) is 5.86. The van der Waals surface area contributed by atoms with E-state index < -0.39 is 5.97 Å². The first-order chi connectivity index (χ1) is 7.49. The maximum absolute atomic E-state index is 10.4. The summed E-state index contributed by atoms with van der Waals surface area (Å²) in [4.78, 5) is 10.4.